The van der Waals surface area contributed by atoms with Gasteiger partial charge in [-0.05, 0) is 64.2 Å². The number of carbonyl (C=O) groups is 1. The highest BCUT2D eigenvalue weighted by molar-refractivity contribution is 5.76. The standard InChI is InChI=1S/C59H111NO4/c1-3-5-7-9-11-13-15-17-18-19-20-21-22-23-24-25-26-27-28-29-30-31-32-33-34-35-36-37-38-39-40-41-42-44-46-48-50-52-56(62)54-59(64)60-57(55-61)58(63)53-51-49-47-45-43-16-14-12-10-8-6-4-2/h10,12,29-30,43,45,51,53,56-58,61-63H,3-9,11,13-28,31-42,44,46-50,52,54-55H2,1-2H3,(H,60,64)/b12-10+,30-29-,45-43+,53-51+. The number of unbranched alkanes of at least 4 members (excludes halogenated alkanes) is 37. The third-order valence-corrected chi connectivity index (χ3v) is 13.1. The van der Waals surface area contributed by atoms with Gasteiger partial charge in [0.15, 0.2) is 0 Å². The van der Waals surface area contributed by atoms with E-state index in [-0.39, 0.29) is 18.9 Å². The van der Waals surface area contributed by atoms with Crippen molar-refractivity contribution in [1.82, 2.24) is 5.32 Å². The summed E-state index contributed by atoms with van der Waals surface area (Å²) >= 11 is 0. The van der Waals surface area contributed by atoms with Crippen molar-refractivity contribution in [3.05, 3.63) is 48.6 Å². The Morgan fingerprint density at radius 2 is 0.688 bits per heavy atom. The van der Waals surface area contributed by atoms with Crippen LogP contribution in [-0.2, 0) is 4.79 Å². The fraction of sp³-hybridized carbons (Fsp3) is 0.847. The Morgan fingerprint density at radius 1 is 0.391 bits per heavy atom. The molecule has 64 heavy (non-hydrogen) atoms. The summed E-state index contributed by atoms with van der Waals surface area (Å²) in [6.45, 7) is 4.16. The number of aliphatic hydroxyl groups is 3. The lowest BCUT2D eigenvalue weighted by Crippen LogP contribution is -2.45. The van der Waals surface area contributed by atoms with E-state index in [4.69, 9.17) is 0 Å². The number of hydrogen-bond acceptors (Lipinski definition) is 4. The normalized spacial score (nSPS) is 13.6. The average molecular weight is 899 g/mol. The van der Waals surface area contributed by atoms with Gasteiger partial charge in [0, 0.05) is 0 Å². The predicted molar refractivity (Wildman–Crippen MR) is 282 cm³/mol. The summed E-state index contributed by atoms with van der Waals surface area (Å²) < 4.78 is 0. The van der Waals surface area contributed by atoms with Gasteiger partial charge in [0.1, 0.15) is 0 Å². The van der Waals surface area contributed by atoms with Crippen molar-refractivity contribution in [3.63, 3.8) is 0 Å². The molecule has 0 aliphatic heterocycles. The van der Waals surface area contributed by atoms with Gasteiger partial charge in [-0.2, -0.15) is 0 Å². The van der Waals surface area contributed by atoms with Gasteiger partial charge in [-0.25, -0.2) is 0 Å². The molecule has 1 amide bonds. The van der Waals surface area contributed by atoms with Crippen LogP contribution >= 0.6 is 0 Å². The van der Waals surface area contributed by atoms with Gasteiger partial charge < -0.3 is 20.6 Å². The van der Waals surface area contributed by atoms with E-state index in [1.165, 1.54) is 231 Å². The first-order valence-electron chi connectivity index (χ1n) is 28.4. The molecule has 3 unspecified atom stereocenters. The van der Waals surface area contributed by atoms with E-state index in [1.807, 2.05) is 6.08 Å². The van der Waals surface area contributed by atoms with Crippen LogP contribution < -0.4 is 5.32 Å². The molecule has 0 aromatic heterocycles. The first-order chi connectivity index (χ1) is 31.5. The molecule has 5 nitrogen and oxygen atoms in total. The number of hydrogen-bond donors (Lipinski definition) is 4. The molecule has 0 rings (SSSR count). The van der Waals surface area contributed by atoms with Crippen LogP contribution in [0.15, 0.2) is 48.6 Å². The van der Waals surface area contributed by atoms with Gasteiger partial charge >= 0.3 is 0 Å². The molecule has 0 radical (unpaired) electrons. The van der Waals surface area contributed by atoms with Gasteiger partial charge in [-0.3, -0.25) is 4.79 Å². The van der Waals surface area contributed by atoms with E-state index < -0.39 is 18.2 Å². The first-order valence-corrected chi connectivity index (χ1v) is 28.4. The van der Waals surface area contributed by atoms with Crippen LogP contribution in [0.25, 0.3) is 0 Å². The van der Waals surface area contributed by atoms with E-state index in [0.29, 0.717) is 6.42 Å². The highest BCUT2D eigenvalue weighted by atomic mass is 16.3. The fourth-order valence-corrected chi connectivity index (χ4v) is 8.71. The second-order valence-corrected chi connectivity index (χ2v) is 19.5. The van der Waals surface area contributed by atoms with E-state index in [9.17, 15) is 20.1 Å². The van der Waals surface area contributed by atoms with Crippen molar-refractivity contribution >= 4 is 5.91 Å². The Morgan fingerprint density at radius 3 is 1.05 bits per heavy atom. The minimum absolute atomic E-state index is 0.00280. The third kappa shape index (κ3) is 49.7. The zero-order chi connectivity index (χ0) is 46.5. The van der Waals surface area contributed by atoms with Crippen LogP contribution in [0, 0.1) is 0 Å². The molecular formula is C59H111NO4. The predicted octanol–water partition coefficient (Wildman–Crippen LogP) is 17.6. The lowest BCUT2D eigenvalue weighted by Gasteiger charge is -2.21. The molecule has 0 bridgehead atoms. The maximum absolute atomic E-state index is 12.5. The Balaban J connectivity index is 3.47. The summed E-state index contributed by atoms with van der Waals surface area (Å²) in [6.07, 6.45) is 71.9. The molecule has 0 fully saturated rings. The summed E-state index contributed by atoms with van der Waals surface area (Å²) in [7, 11) is 0. The quantitative estimate of drug-likeness (QED) is 0.0362. The lowest BCUT2D eigenvalue weighted by molar-refractivity contribution is -0.124. The Hall–Kier alpha value is -1.69. The van der Waals surface area contributed by atoms with E-state index in [0.717, 1.165) is 38.5 Å². The van der Waals surface area contributed by atoms with Crippen LogP contribution in [0.5, 0.6) is 0 Å². The number of rotatable bonds is 52. The molecule has 3 atom stereocenters. The highest BCUT2D eigenvalue weighted by Gasteiger charge is 2.20. The van der Waals surface area contributed by atoms with Crippen molar-refractivity contribution in [1.29, 1.82) is 0 Å². The minimum atomic E-state index is -0.959. The van der Waals surface area contributed by atoms with Crippen LogP contribution in [0.3, 0.4) is 0 Å². The van der Waals surface area contributed by atoms with E-state index in [2.05, 4.69) is 55.6 Å². The van der Waals surface area contributed by atoms with Crippen molar-refractivity contribution in [2.24, 2.45) is 0 Å². The molecule has 0 heterocycles. The van der Waals surface area contributed by atoms with Crippen molar-refractivity contribution in [2.75, 3.05) is 6.61 Å². The Kier molecular flexibility index (Phi) is 52.5. The average Bonchev–Trinajstić information content (AvgIpc) is 3.29. The minimum Gasteiger partial charge on any atom is -0.394 e. The summed E-state index contributed by atoms with van der Waals surface area (Å²) in [5, 5.41) is 33.2. The lowest BCUT2D eigenvalue weighted by atomic mass is 10.0. The van der Waals surface area contributed by atoms with Crippen LogP contribution in [0.2, 0.25) is 0 Å². The zero-order valence-corrected chi connectivity index (χ0v) is 42.9. The van der Waals surface area contributed by atoms with Gasteiger partial charge in [0.2, 0.25) is 5.91 Å². The van der Waals surface area contributed by atoms with Gasteiger partial charge in [-0.1, -0.05) is 274 Å². The van der Waals surface area contributed by atoms with Crippen molar-refractivity contribution in [3.8, 4) is 0 Å². The molecule has 0 spiro atoms. The number of nitrogens with one attached hydrogen (secondary N) is 1. The van der Waals surface area contributed by atoms with Crippen molar-refractivity contribution < 1.29 is 20.1 Å². The van der Waals surface area contributed by atoms with E-state index >= 15 is 0 Å². The van der Waals surface area contributed by atoms with Crippen LogP contribution in [-0.4, -0.2) is 46.1 Å². The summed E-state index contributed by atoms with van der Waals surface area (Å²) in [6, 6.07) is -0.767. The second-order valence-electron chi connectivity index (χ2n) is 19.5. The monoisotopic (exact) mass is 898 g/mol. The molecule has 0 aromatic carbocycles. The molecule has 4 N–H and O–H groups in total. The molecular weight excluding hydrogens is 787 g/mol. The molecule has 0 aliphatic rings. The number of aliphatic hydroxyl groups excluding tert-OH is 3. The zero-order valence-electron chi connectivity index (χ0n) is 42.9. The van der Waals surface area contributed by atoms with Crippen LogP contribution in [0.4, 0.5) is 0 Å². The fourth-order valence-electron chi connectivity index (χ4n) is 8.71. The topological polar surface area (TPSA) is 89.8 Å². The number of amides is 1. The summed E-state index contributed by atoms with van der Waals surface area (Å²) in [4.78, 5) is 12.5. The van der Waals surface area contributed by atoms with Crippen molar-refractivity contribution in [2.45, 2.75) is 315 Å². The Labute approximate surface area is 399 Å². The SMILES string of the molecule is CCCC/C=C/CC/C=C/CC/C=C/C(O)C(CO)NC(=O)CC(O)CCCCCCCCCCCCCCCCC/C=C\CCCCCCCCCCCCCCCCCCCC. The maximum atomic E-state index is 12.5. The molecule has 0 saturated carbocycles. The number of carbonyl (C=O) groups excluding carboxylic acids is 1. The van der Waals surface area contributed by atoms with Gasteiger partial charge in [0.05, 0.1) is 31.3 Å². The molecule has 0 aliphatic carbocycles. The first kappa shape index (κ1) is 62.3. The van der Waals surface area contributed by atoms with E-state index in [1.54, 1.807) is 6.08 Å². The van der Waals surface area contributed by atoms with Gasteiger partial charge in [-0.15, -0.1) is 0 Å². The molecule has 0 aromatic rings. The number of allylic oxidation sites excluding steroid dienone is 7. The largest absolute Gasteiger partial charge is 0.394 e. The second kappa shape index (κ2) is 53.9. The summed E-state index contributed by atoms with van der Waals surface area (Å²) in [5.41, 5.74) is 0. The molecule has 0 saturated heterocycles. The maximum Gasteiger partial charge on any atom is 0.222 e. The van der Waals surface area contributed by atoms with Crippen LogP contribution in [0.1, 0.15) is 296 Å². The Bertz CT molecular complexity index is 1040. The molecule has 376 valence electrons. The third-order valence-electron chi connectivity index (χ3n) is 13.1. The molecule has 5 heteroatoms. The highest BCUT2D eigenvalue weighted by Crippen LogP contribution is 2.17. The smallest absolute Gasteiger partial charge is 0.222 e. The van der Waals surface area contributed by atoms with Gasteiger partial charge in [0.25, 0.3) is 0 Å². The summed E-state index contributed by atoms with van der Waals surface area (Å²) in [5.74, 6) is -0.329.